The fourth-order valence-electron chi connectivity index (χ4n) is 1.82. The third kappa shape index (κ3) is 4.59. The third-order valence-electron chi connectivity index (χ3n) is 2.50. The van der Waals surface area contributed by atoms with E-state index in [0.29, 0.717) is 13.2 Å². The fraction of sp³-hybridized carbons (Fsp3) is 0.900. The minimum atomic E-state index is 0.0497. The zero-order chi connectivity index (χ0) is 11.3. The highest BCUT2D eigenvalue weighted by Gasteiger charge is 2.21. The van der Waals surface area contributed by atoms with Gasteiger partial charge in [-0.1, -0.05) is 0 Å². The van der Waals surface area contributed by atoms with Crippen LogP contribution in [0.5, 0.6) is 0 Å². The Labute approximate surface area is 90.9 Å². The van der Waals surface area contributed by atoms with Crippen molar-refractivity contribution in [2.45, 2.75) is 25.4 Å². The average molecular weight is 215 g/mol. The van der Waals surface area contributed by atoms with E-state index >= 15 is 0 Å². The molecule has 1 aliphatic heterocycles. The van der Waals surface area contributed by atoms with Gasteiger partial charge in [-0.15, -0.1) is 0 Å². The van der Waals surface area contributed by atoms with Gasteiger partial charge in [0.15, 0.2) is 0 Å². The van der Waals surface area contributed by atoms with Gasteiger partial charge in [0.1, 0.15) is 0 Å². The minimum absolute atomic E-state index is 0.0497. The smallest absolute Gasteiger partial charge is 0.234 e. The summed E-state index contributed by atoms with van der Waals surface area (Å²) >= 11 is 0. The van der Waals surface area contributed by atoms with Gasteiger partial charge in [0, 0.05) is 32.3 Å². The summed E-state index contributed by atoms with van der Waals surface area (Å²) < 4.78 is 4.94. The maximum Gasteiger partial charge on any atom is 0.234 e. The molecule has 2 atom stereocenters. The van der Waals surface area contributed by atoms with Crippen LogP contribution < -0.4 is 11.1 Å². The Bertz CT molecular complexity index is 211. The lowest BCUT2D eigenvalue weighted by atomic mass is 10.3. The van der Waals surface area contributed by atoms with Crippen LogP contribution in [0.15, 0.2) is 0 Å². The molecule has 1 amide bonds. The Balaban J connectivity index is 2.18. The molecule has 0 aromatic carbocycles. The van der Waals surface area contributed by atoms with Crippen LogP contribution in [-0.2, 0) is 9.53 Å². The van der Waals surface area contributed by atoms with Crippen LogP contribution in [0.2, 0.25) is 0 Å². The predicted octanol–water partition coefficient (Wildman–Crippen LogP) is -0.829. The van der Waals surface area contributed by atoms with Crippen LogP contribution in [0.1, 0.15) is 13.3 Å². The summed E-state index contributed by atoms with van der Waals surface area (Å²) in [6, 6.07) is 0.299. The highest BCUT2D eigenvalue weighted by atomic mass is 16.5. The normalized spacial score (nSPS) is 24.1. The van der Waals surface area contributed by atoms with E-state index in [9.17, 15) is 4.79 Å². The largest absolute Gasteiger partial charge is 0.383 e. The monoisotopic (exact) mass is 215 g/mol. The van der Waals surface area contributed by atoms with Crippen molar-refractivity contribution in [1.29, 1.82) is 0 Å². The number of likely N-dealkylation sites (tertiary alicyclic amines) is 1. The summed E-state index contributed by atoms with van der Waals surface area (Å²) in [4.78, 5) is 13.6. The van der Waals surface area contributed by atoms with Crippen molar-refractivity contribution < 1.29 is 9.53 Å². The Kier molecular flexibility index (Phi) is 5.01. The van der Waals surface area contributed by atoms with Gasteiger partial charge in [0.2, 0.25) is 5.91 Å². The van der Waals surface area contributed by atoms with Crippen molar-refractivity contribution >= 4 is 5.91 Å². The molecule has 0 aromatic rings. The van der Waals surface area contributed by atoms with Crippen molar-refractivity contribution in [2.24, 2.45) is 5.73 Å². The van der Waals surface area contributed by atoms with Gasteiger partial charge < -0.3 is 15.8 Å². The number of nitrogens with one attached hydrogen (secondary N) is 1. The van der Waals surface area contributed by atoms with Gasteiger partial charge in [0.05, 0.1) is 13.2 Å². The number of hydrogen-bond donors (Lipinski definition) is 2. The van der Waals surface area contributed by atoms with E-state index < -0.39 is 0 Å². The van der Waals surface area contributed by atoms with Crippen molar-refractivity contribution in [3.63, 3.8) is 0 Å². The summed E-state index contributed by atoms with van der Waals surface area (Å²) in [5.74, 6) is 0.0497. The van der Waals surface area contributed by atoms with Gasteiger partial charge >= 0.3 is 0 Å². The molecule has 1 saturated heterocycles. The fourth-order valence-corrected chi connectivity index (χ4v) is 1.82. The van der Waals surface area contributed by atoms with Gasteiger partial charge in [0.25, 0.3) is 0 Å². The zero-order valence-electron chi connectivity index (χ0n) is 9.53. The van der Waals surface area contributed by atoms with Crippen LogP contribution in [0.25, 0.3) is 0 Å². The number of ether oxygens (including phenoxy) is 1. The summed E-state index contributed by atoms with van der Waals surface area (Å²) in [7, 11) is 1.63. The molecule has 0 bridgehead atoms. The van der Waals surface area contributed by atoms with E-state index in [-0.39, 0.29) is 18.0 Å². The van der Waals surface area contributed by atoms with Gasteiger partial charge in [-0.25, -0.2) is 0 Å². The number of methoxy groups -OCH3 is 1. The number of amides is 1. The average Bonchev–Trinajstić information content (AvgIpc) is 2.51. The first-order valence-corrected chi connectivity index (χ1v) is 5.38. The number of carbonyl (C=O) groups is 1. The lowest BCUT2D eigenvalue weighted by Crippen LogP contribution is -2.42. The second-order valence-corrected chi connectivity index (χ2v) is 4.21. The molecule has 1 unspecified atom stereocenters. The molecule has 0 spiro atoms. The quantitative estimate of drug-likeness (QED) is 0.628. The SMILES string of the molecule is COCC(C)NC(=O)CN1CC[C@@H](N)C1. The molecule has 0 radical (unpaired) electrons. The summed E-state index contributed by atoms with van der Waals surface area (Å²) in [5.41, 5.74) is 5.76. The number of nitrogens with zero attached hydrogens (tertiary/aromatic N) is 1. The molecule has 88 valence electrons. The van der Waals surface area contributed by atoms with E-state index in [1.54, 1.807) is 7.11 Å². The lowest BCUT2D eigenvalue weighted by Gasteiger charge is -2.17. The van der Waals surface area contributed by atoms with Crippen molar-refractivity contribution in [1.82, 2.24) is 10.2 Å². The molecule has 0 saturated carbocycles. The molecule has 0 aromatic heterocycles. The Morgan fingerprint density at radius 3 is 3.00 bits per heavy atom. The third-order valence-corrected chi connectivity index (χ3v) is 2.50. The van der Waals surface area contributed by atoms with Crippen LogP contribution in [0.4, 0.5) is 0 Å². The number of carbonyl (C=O) groups excluding carboxylic acids is 1. The molecule has 1 aliphatic rings. The van der Waals surface area contributed by atoms with Crippen molar-refractivity contribution in [2.75, 3.05) is 33.4 Å². The Morgan fingerprint density at radius 1 is 1.73 bits per heavy atom. The van der Waals surface area contributed by atoms with Gasteiger partial charge in [-0.05, 0) is 13.3 Å². The second-order valence-electron chi connectivity index (χ2n) is 4.21. The number of rotatable bonds is 5. The maximum absolute atomic E-state index is 11.5. The molecule has 3 N–H and O–H groups in total. The van der Waals surface area contributed by atoms with Crippen molar-refractivity contribution in [3.8, 4) is 0 Å². The molecule has 1 fully saturated rings. The first-order chi connectivity index (χ1) is 7.11. The Hall–Kier alpha value is -0.650. The standard InChI is InChI=1S/C10H21N3O2/c1-8(7-15-2)12-10(14)6-13-4-3-9(11)5-13/h8-9H,3-7,11H2,1-2H3,(H,12,14)/t8?,9-/m1/s1. The van der Waals surface area contributed by atoms with Gasteiger partial charge in [-0.2, -0.15) is 0 Å². The molecule has 1 heterocycles. The van der Waals surface area contributed by atoms with Crippen LogP contribution in [0, 0.1) is 0 Å². The van der Waals surface area contributed by atoms with Crippen LogP contribution in [-0.4, -0.2) is 56.2 Å². The molecule has 1 rings (SSSR count). The maximum atomic E-state index is 11.5. The summed E-state index contributed by atoms with van der Waals surface area (Å²) in [6.45, 7) is 4.67. The van der Waals surface area contributed by atoms with E-state index in [0.717, 1.165) is 19.5 Å². The summed E-state index contributed by atoms with van der Waals surface area (Å²) in [6.07, 6.45) is 0.987. The highest BCUT2D eigenvalue weighted by Crippen LogP contribution is 2.05. The van der Waals surface area contributed by atoms with Crippen LogP contribution in [0.3, 0.4) is 0 Å². The van der Waals surface area contributed by atoms with E-state index in [4.69, 9.17) is 10.5 Å². The first-order valence-electron chi connectivity index (χ1n) is 5.38. The van der Waals surface area contributed by atoms with E-state index in [1.807, 2.05) is 6.92 Å². The zero-order valence-corrected chi connectivity index (χ0v) is 9.53. The molecule has 5 nitrogen and oxygen atoms in total. The number of hydrogen-bond acceptors (Lipinski definition) is 4. The summed E-state index contributed by atoms with van der Waals surface area (Å²) in [5, 5.41) is 2.88. The minimum Gasteiger partial charge on any atom is -0.383 e. The molecule has 5 heteroatoms. The molecule has 15 heavy (non-hydrogen) atoms. The van der Waals surface area contributed by atoms with E-state index in [1.165, 1.54) is 0 Å². The molecular weight excluding hydrogens is 194 g/mol. The molecular formula is C10H21N3O2. The topological polar surface area (TPSA) is 67.6 Å². The van der Waals surface area contributed by atoms with Gasteiger partial charge in [-0.3, -0.25) is 9.69 Å². The predicted molar refractivity (Wildman–Crippen MR) is 58.5 cm³/mol. The lowest BCUT2D eigenvalue weighted by molar-refractivity contribution is -0.122. The number of nitrogens with two attached hydrogens (primary N) is 1. The molecule has 0 aliphatic carbocycles. The van der Waals surface area contributed by atoms with Crippen LogP contribution >= 0.6 is 0 Å². The van der Waals surface area contributed by atoms with Crippen molar-refractivity contribution in [3.05, 3.63) is 0 Å². The first kappa shape index (κ1) is 12.4. The second kappa shape index (κ2) is 6.05. The highest BCUT2D eigenvalue weighted by molar-refractivity contribution is 5.78. The Morgan fingerprint density at radius 2 is 2.47 bits per heavy atom. The van der Waals surface area contributed by atoms with E-state index in [2.05, 4.69) is 10.2 Å².